The number of aliphatic hydroxyl groups excluding tert-OH is 1. The summed E-state index contributed by atoms with van der Waals surface area (Å²) in [5.41, 5.74) is 2.00. The smallest absolute Gasteiger partial charge is 0.122 e. The molecule has 1 aromatic carbocycles. The molecule has 0 bridgehead atoms. The van der Waals surface area contributed by atoms with Crippen LogP contribution in [0.1, 0.15) is 33.9 Å². The first kappa shape index (κ1) is 14.1. The fourth-order valence-corrected chi connectivity index (χ4v) is 3.07. The van der Waals surface area contributed by atoms with E-state index in [0.29, 0.717) is 6.42 Å². The van der Waals surface area contributed by atoms with Crippen LogP contribution in [0.5, 0.6) is 5.75 Å². The average molecular weight is 276 g/mol. The molecule has 0 aliphatic heterocycles. The number of hydrogen-bond acceptors (Lipinski definition) is 3. The van der Waals surface area contributed by atoms with Gasteiger partial charge in [0.05, 0.1) is 13.2 Å². The van der Waals surface area contributed by atoms with Crippen LogP contribution in [0, 0.1) is 6.92 Å². The van der Waals surface area contributed by atoms with Crippen LogP contribution in [0.2, 0.25) is 0 Å². The van der Waals surface area contributed by atoms with Gasteiger partial charge >= 0.3 is 0 Å². The van der Waals surface area contributed by atoms with Gasteiger partial charge in [0.15, 0.2) is 0 Å². The number of ether oxygens (including phenoxy) is 1. The van der Waals surface area contributed by atoms with Crippen molar-refractivity contribution in [3.05, 3.63) is 51.2 Å². The van der Waals surface area contributed by atoms with E-state index in [4.69, 9.17) is 4.74 Å². The highest BCUT2D eigenvalue weighted by Crippen LogP contribution is 2.27. The number of hydrogen-bond donors (Lipinski definition) is 1. The normalized spacial score (nSPS) is 12.4. The quantitative estimate of drug-likeness (QED) is 0.897. The van der Waals surface area contributed by atoms with Crippen molar-refractivity contribution in [1.29, 1.82) is 0 Å². The Labute approximate surface area is 118 Å². The summed E-state index contributed by atoms with van der Waals surface area (Å²) in [4.78, 5) is 2.59. The topological polar surface area (TPSA) is 29.5 Å². The van der Waals surface area contributed by atoms with Crippen LogP contribution in [-0.2, 0) is 12.8 Å². The average Bonchev–Trinajstić information content (AvgIpc) is 2.86. The summed E-state index contributed by atoms with van der Waals surface area (Å²) >= 11 is 1.78. The molecule has 0 radical (unpaired) electrons. The number of benzene rings is 1. The molecule has 1 heterocycles. The summed E-state index contributed by atoms with van der Waals surface area (Å²) in [7, 11) is 1.66. The molecule has 0 aliphatic carbocycles. The second-order valence-corrected chi connectivity index (χ2v) is 5.92. The predicted molar refractivity (Wildman–Crippen MR) is 80.1 cm³/mol. The molecule has 0 saturated carbocycles. The second kappa shape index (κ2) is 6.22. The van der Waals surface area contributed by atoms with E-state index in [-0.39, 0.29) is 0 Å². The van der Waals surface area contributed by atoms with Crippen molar-refractivity contribution in [2.24, 2.45) is 0 Å². The molecule has 1 N–H and O–H groups in total. The lowest BCUT2D eigenvalue weighted by Crippen LogP contribution is -2.01. The summed E-state index contributed by atoms with van der Waals surface area (Å²) in [6, 6.07) is 10.1. The fraction of sp³-hybridized carbons (Fsp3) is 0.375. The molecular formula is C16H20O2S. The monoisotopic (exact) mass is 276 g/mol. The predicted octanol–water partition coefficient (Wildman–Crippen LogP) is 3.90. The third-order valence-electron chi connectivity index (χ3n) is 3.28. The molecule has 0 saturated heterocycles. The Balaban J connectivity index is 2.12. The maximum atomic E-state index is 10.3. The zero-order valence-electron chi connectivity index (χ0n) is 11.6. The van der Waals surface area contributed by atoms with Gasteiger partial charge in [-0.2, -0.15) is 0 Å². The van der Waals surface area contributed by atoms with Gasteiger partial charge in [-0.3, -0.25) is 0 Å². The Hall–Kier alpha value is -1.32. The summed E-state index contributed by atoms with van der Waals surface area (Å²) in [6.07, 6.45) is 1.24. The number of thiophene rings is 1. The molecule has 2 rings (SSSR count). The standard InChI is InChI=1S/C16H20O2S/c1-4-13-7-8-14(19-13)10-15(17)12-6-5-11(2)16(9-12)18-3/h5-9,15,17H,4,10H2,1-3H3. The molecule has 3 heteroatoms. The third kappa shape index (κ3) is 3.37. The van der Waals surface area contributed by atoms with E-state index in [2.05, 4.69) is 19.1 Å². The van der Waals surface area contributed by atoms with Crippen molar-refractivity contribution in [1.82, 2.24) is 0 Å². The van der Waals surface area contributed by atoms with Gasteiger partial charge in [-0.05, 0) is 42.7 Å². The fourth-order valence-electron chi connectivity index (χ4n) is 2.07. The van der Waals surface area contributed by atoms with Crippen molar-refractivity contribution < 1.29 is 9.84 Å². The van der Waals surface area contributed by atoms with Crippen molar-refractivity contribution in [2.75, 3.05) is 7.11 Å². The molecule has 2 nitrogen and oxygen atoms in total. The number of aryl methyl sites for hydroxylation is 2. The van der Waals surface area contributed by atoms with E-state index < -0.39 is 6.10 Å². The van der Waals surface area contributed by atoms with E-state index in [0.717, 1.165) is 23.3 Å². The Bertz CT molecular complexity index is 545. The van der Waals surface area contributed by atoms with Crippen LogP contribution in [0.3, 0.4) is 0 Å². The Morgan fingerprint density at radius 3 is 2.58 bits per heavy atom. The van der Waals surface area contributed by atoms with E-state index in [9.17, 15) is 5.11 Å². The number of rotatable bonds is 5. The molecule has 0 spiro atoms. The van der Waals surface area contributed by atoms with E-state index in [1.807, 2.05) is 25.1 Å². The van der Waals surface area contributed by atoms with Crippen molar-refractivity contribution in [2.45, 2.75) is 32.8 Å². The number of methoxy groups -OCH3 is 1. The minimum Gasteiger partial charge on any atom is -0.496 e. The SMILES string of the molecule is CCc1ccc(CC(O)c2ccc(C)c(OC)c2)s1. The van der Waals surface area contributed by atoms with Gasteiger partial charge in [0, 0.05) is 16.2 Å². The molecule has 102 valence electrons. The van der Waals surface area contributed by atoms with Gasteiger partial charge in [0.25, 0.3) is 0 Å². The largest absolute Gasteiger partial charge is 0.496 e. The zero-order chi connectivity index (χ0) is 13.8. The molecule has 0 aliphatic rings. The van der Waals surface area contributed by atoms with Crippen LogP contribution in [0.4, 0.5) is 0 Å². The summed E-state index contributed by atoms with van der Waals surface area (Å²) < 4.78 is 5.30. The molecule has 19 heavy (non-hydrogen) atoms. The van der Waals surface area contributed by atoms with Crippen molar-refractivity contribution in [3.8, 4) is 5.75 Å². The summed E-state index contributed by atoms with van der Waals surface area (Å²) in [5, 5.41) is 10.3. The van der Waals surface area contributed by atoms with Gasteiger partial charge in [0.2, 0.25) is 0 Å². The lowest BCUT2D eigenvalue weighted by molar-refractivity contribution is 0.179. The highest BCUT2D eigenvalue weighted by Gasteiger charge is 2.12. The minimum atomic E-state index is -0.474. The van der Waals surface area contributed by atoms with Gasteiger partial charge < -0.3 is 9.84 Å². The maximum Gasteiger partial charge on any atom is 0.122 e. The highest BCUT2D eigenvalue weighted by atomic mass is 32.1. The second-order valence-electron chi connectivity index (χ2n) is 4.67. The van der Waals surface area contributed by atoms with Crippen LogP contribution in [-0.4, -0.2) is 12.2 Å². The van der Waals surface area contributed by atoms with Gasteiger partial charge in [-0.15, -0.1) is 11.3 Å². The summed E-state index contributed by atoms with van der Waals surface area (Å²) in [6.45, 7) is 4.15. The maximum absolute atomic E-state index is 10.3. The van der Waals surface area contributed by atoms with Crippen molar-refractivity contribution in [3.63, 3.8) is 0 Å². The van der Waals surface area contributed by atoms with E-state index in [1.54, 1.807) is 18.4 Å². The third-order valence-corrected chi connectivity index (χ3v) is 4.53. The first-order valence-corrected chi connectivity index (χ1v) is 7.36. The van der Waals surface area contributed by atoms with E-state index >= 15 is 0 Å². The molecule has 1 atom stereocenters. The van der Waals surface area contributed by atoms with Crippen LogP contribution >= 0.6 is 11.3 Å². The molecule has 1 unspecified atom stereocenters. The Morgan fingerprint density at radius 2 is 1.95 bits per heavy atom. The van der Waals surface area contributed by atoms with Gasteiger partial charge in [-0.1, -0.05) is 19.1 Å². The van der Waals surface area contributed by atoms with Crippen LogP contribution in [0.15, 0.2) is 30.3 Å². The Kier molecular flexibility index (Phi) is 4.61. The molecule has 0 fully saturated rings. The molecule has 1 aromatic heterocycles. The Morgan fingerprint density at radius 1 is 1.21 bits per heavy atom. The van der Waals surface area contributed by atoms with Crippen LogP contribution < -0.4 is 4.74 Å². The van der Waals surface area contributed by atoms with E-state index in [1.165, 1.54) is 9.75 Å². The first-order chi connectivity index (χ1) is 9.13. The van der Waals surface area contributed by atoms with Crippen LogP contribution in [0.25, 0.3) is 0 Å². The summed E-state index contributed by atoms with van der Waals surface area (Å²) in [5.74, 6) is 0.831. The first-order valence-electron chi connectivity index (χ1n) is 6.54. The molecular weight excluding hydrogens is 256 g/mol. The lowest BCUT2D eigenvalue weighted by Gasteiger charge is -2.12. The molecule has 0 amide bonds. The lowest BCUT2D eigenvalue weighted by atomic mass is 10.0. The van der Waals surface area contributed by atoms with Gasteiger partial charge in [0.1, 0.15) is 5.75 Å². The van der Waals surface area contributed by atoms with Crippen molar-refractivity contribution >= 4 is 11.3 Å². The molecule has 2 aromatic rings. The minimum absolute atomic E-state index is 0.474. The zero-order valence-corrected chi connectivity index (χ0v) is 12.5. The van der Waals surface area contributed by atoms with Gasteiger partial charge in [-0.25, -0.2) is 0 Å². The highest BCUT2D eigenvalue weighted by molar-refractivity contribution is 7.11. The number of aliphatic hydroxyl groups is 1.